The number of ether oxygens (including phenoxy) is 1. The predicted molar refractivity (Wildman–Crippen MR) is 148 cm³/mol. The van der Waals surface area contributed by atoms with Crippen molar-refractivity contribution in [2.75, 3.05) is 22.6 Å². The fourth-order valence-electron chi connectivity index (χ4n) is 3.70. The Bertz CT molecular complexity index is 1540. The molecule has 9 nitrogen and oxygen atoms in total. The number of anilines is 5. The number of hydrogen-bond donors (Lipinski definition) is 4. The first kappa shape index (κ1) is 29.2. The van der Waals surface area contributed by atoms with Crippen LogP contribution >= 0.6 is 11.6 Å². The van der Waals surface area contributed by atoms with Crippen molar-refractivity contribution in [3.05, 3.63) is 95.1 Å². The van der Waals surface area contributed by atoms with Gasteiger partial charge in [0.15, 0.2) is 12.4 Å². The number of carbonyl (C=O) groups excluding carboxylic acids is 1. The Kier molecular flexibility index (Phi) is 9.25. The summed E-state index contributed by atoms with van der Waals surface area (Å²) in [6.07, 6.45) is -1.90. The van der Waals surface area contributed by atoms with E-state index in [1.54, 1.807) is 6.20 Å². The Morgan fingerprint density at radius 1 is 0.951 bits per heavy atom. The molecule has 13 heteroatoms. The second-order valence-corrected chi connectivity index (χ2v) is 9.12. The van der Waals surface area contributed by atoms with Crippen LogP contribution in [0.25, 0.3) is 0 Å². The van der Waals surface area contributed by atoms with Gasteiger partial charge in [0.2, 0.25) is 5.95 Å². The Hall–Kier alpha value is -4.84. The zero-order valence-electron chi connectivity index (χ0n) is 21.2. The SMILES string of the molecule is O=C(COc1cc2cc(c1)Nc1nc(ncc1Cl)Nc1cccc(c1)CC2)Nc1ccccc1.O=C(O)C(F)(F)F. The van der Waals surface area contributed by atoms with Crippen LogP contribution in [0.4, 0.5) is 42.0 Å². The number of aryl methyl sites for hydroxylation is 2. The van der Waals surface area contributed by atoms with Gasteiger partial charge >= 0.3 is 12.1 Å². The minimum Gasteiger partial charge on any atom is -0.484 e. The van der Waals surface area contributed by atoms with Crippen LogP contribution < -0.4 is 20.7 Å². The molecular formula is C28H23ClF3N5O4. The average Bonchev–Trinajstić information content (AvgIpc) is 2.93. The zero-order valence-corrected chi connectivity index (χ0v) is 22.0. The topological polar surface area (TPSA) is 125 Å². The van der Waals surface area contributed by atoms with Crippen LogP contribution in [0.1, 0.15) is 11.1 Å². The van der Waals surface area contributed by atoms with E-state index in [4.69, 9.17) is 26.2 Å². The quantitative estimate of drug-likeness (QED) is 0.218. The summed E-state index contributed by atoms with van der Waals surface area (Å²) in [5.74, 6) is -1.50. The molecule has 0 saturated heterocycles. The lowest BCUT2D eigenvalue weighted by Gasteiger charge is -2.13. The molecule has 6 bridgehead atoms. The summed E-state index contributed by atoms with van der Waals surface area (Å²) in [7, 11) is 0. The molecule has 212 valence electrons. The van der Waals surface area contributed by atoms with E-state index in [0.29, 0.717) is 22.5 Å². The van der Waals surface area contributed by atoms with Gasteiger partial charge in [0.05, 0.1) is 6.20 Å². The van der Waals surface area contributed by atoms with E-state index in [0.717, 1.165) is 35.5 Å². The molecule has 0 atom stereocenters. The van der Waals surface area contributed by atoms with Gasteiger partial charge in [0.25, 0.3) is 5.91 Å². The average molecular weight is 586 g/mol. The van der Waals surface area contributed by atoms with E-state index >= 15 is 0 Å². The lowest BCUT2D eigenvalue weighted by atomic mass is 10.0. The number of carbonyl (C=O) groups is 2. The maximum absolute atomic E-state index is 12.4. The number of amides is 1. The lowest BCUT2D eigenvalue weighted by molar-refractivity contribution is -0.192. The number of rotatable bonds is 4. The molecular weight excluding hydrogens is 563 g/mol. The standard InChI is InChI=1S/C26H22ClN5O2.C2HF3O2/c27-23-15-28-26-31-20-8-4-5-17(11-20)9-10-18-12-21(30-25(23)32-26)14-22(13-18)34-16-24(33)29-19-6-2-1-3-7-19;3-2(4,5)1(6)7/h1-8,11-15H,9-10,16H2,(H,29,33)(H2,28,30,31,32);(H,6,7). The van der Waals surface area contributed by atoms with Crippen molar-refractivity contribution in [2.24, 2.45) is 0 Å². The minimum absolute atomic E-state index is 0.109. The Labute approximate surface area is 237 Å². The van der Waals surface area contributed by atoms with Crippen molar-refractivity contribution < 1.29 is 32.6 Å². The summed E-state index contributed by atoms with van der Waals surface area (Å²) < 4.78 is 37.6. The summed E-state index contributed by atoms with van der Waals surface area (Å²) in [5.41, 5.74) is 4.63. The van der Waals surface area contributed by atoms with Crippen LogP contribution in [0.3, 0.4) is 0 Å². The molecule has 1 aromatic heterocycles. The summed E-state index contributed by atoms with van der Waals surface area (Å²) in [6, 6.07) is 23.2. The number of para-hydroxylation sites is 1. The molecule has 2 heterocycles. The summed E-state index contributed by atoms with van der Waals surface area (Å²) in [5, 5.41) is 16.8. The van der Waals surface area contributed by atoms with Crippen LogP contribution in [-0.2, 0) is 22.4 Å². The molecule has 4 N–H and O–H groups in total. The third kappa shape index (κ3) is 8.83. The molecule has 0 spiro atoms. The number of benzene rings is 3. The molecule has 41 heavy (non-hydrogen) atoms. The molecule has 0 aliphatic carbocycles. The van der Waals surface area contributed by atoms with Crippen molar-refractivity contribution in [3.8, 4) is 5.75 Å². The van der Waals surface area contributed by atoms with Gasteiger partial charge in [-0.3, -0.25) is 4.79 Å². The minimum atomic E-state index is -5.08. The van der Waals surface area contributed by atoms with Crippen molar-refractivity contribution in [2.45, 2.75) is 19.0 Å². The first-order valence-electron chi connectivity index (χ1n) is 12.1. The molecule has 3 aromatic carbocycles. The van der Waals surface area contributed by atoms with Gasteiger partial charge in [-0.05, 0) is 60.4 Å². The highest BCUT2D eigenvalue weighted by Gasteiger charge is 2.38. The Morgan fingerprint density at radius 2 is 1.66 bits per heavy atom. The predicted octanol–water partition coefficient (Wildman–Crippen LogP) is 6.37. The molecule has 5 rings (SSSR count). The van der Waals surface area contributed by atoms with Crippen LogP contribution in [0, 0.1) is 0 Å². The van der Waals surface area contributed by atoms with E-state index in [9.17, 15) is 18.0 Å². The fourth-order valence-corrected chi connectivity index (χ4v) is 3.84. The van der Waals surface area contributed by atoms with Crippen molar-refractivity contribution in [1.82, 2.24) is 9.97 Å². The number of carboxylic acid groups (broad SMARTS) is 1. The molecule has 1 amide bonds. The van der Waals surface area contributed by atoms with Gasteiger partial charge < -0.3 is 25.8 Å². The molecule has 4 aromatic rings. The van der Waals surface area contributed by atoms with Gasteiger partial charge in [-0.2, -0.15) is 18.2 Å². The number of nitrogens with one attached hydrogen (secondary N) is 3. The largest absolute Gasteiger partial charge is 0.490 e. The van der Waals surface area contributed by atoms with Gasteiger partial charge in [-0.15, -0.1) is 0 Å². The first-order chi connectivity index (χ1) is 19.5. The van der Waals surface area contributed by atoms with Crippen LogP contribution in [0.5, 0.6) is 5.75 Å². The number of halogens is 4. The molecule has 0 unspecified atom stereocenters. The normalized spacial score (nSPS) is 12.0. The zero-order chi connectivity index (χ0) is 29.4. The summed E-state index contributed by atoms with van der Waals surface area (Å²) in [6.45, 7) is -0.109. The number of nitrogens with zero attached hydrogens (tertiary/aromatic N) is 2. The van der Waals surface area contributed by atoms with E-state index in [1.165, 1.54) is 5.56 Å². The van der Waals surface area contributed by atoms with Crippen molar-refractivity contribution >= 4 is 52.3 Å². The smallest absolute Gasteiger partial charge is 0.484 e. The second kappa shape index (κ2) is 13.0. The third-order valence-corrected chi connectivity index (χ3v) is 5.81. The van der Waals surface area contributed by atoms with Gasteiger partial charge in [0.1, 0.15) is 10.8 Å². The molecule has 0 radical (unpaired) electrons. The van der Waals surface area contributed by atoms with Crippen LogP contribution in [0.2, 0.25) is 5.02 Å². The van der Waals surface area contributed by atoms with Crippen LogP contribution in [0.15, 0.2) is 79.0 Å². The maximum atomic E-state index is 12.4. The van der Waals surface area contributed by atoms with E-state index < -0.39 is 12.1 Å². The third-order valence-electron chi connectivity index (χ3n) is 5.53. The van der Waals surface area contributed by atoms with E-state index in [2.05, 4.69) is 38.1 Å². The van der Waals surface area contributed by atoms with Gasteiger partial charge in [-0.1, -0.05) is 41.9 Å². The van der Waals surface area contributed by atoms with Crippen LogP contribution in [-0.4, -0.2) is 39.7 Å². The highest BCUT2D eigenvalue weighted by atomic mass is 35.5. The van der Waals surface area contributed by atoms with E-state index in [-0.39, 0.29) is 12.5 Å². The molecule has 0 fully saturated rings. The summed E-state index contributed by atoms with van der Waals surface area (Å²) >= 11 is 6.35. The number of aliphatic carboxylic acids is 1. The first-order valence-corrected chi connectivity index (χ1v) is 12.5. The van der Waals surface area contributed by atoms with Crippen molar-refractivity contribution in [1.29, 1.82) is 0 Å². The highest BCUT2D eigenvalue weighted by Crippen LogP contribution is 2.29. The Morgan fingerprint density at radius 3 is 2.39 bits per heavy atom. The Balaban J connectivity index is 0.000000493. The second-order valence-electron chi connectivity index (χ2n) is 8.71. The monoisotopic (exact) mass is 585 g/mol. The number of hydrogen-bond acceptors (Lipinski definition) is 7. The number of aromatic nitrogens is 2. The van der Waals surface area contributed by atoms with Gasteiger partial charge in [0, 0.05) is 23.1 Å². The molecule has 0 saturated carbocycles. The van der Waals surface area contributed by atoms with Crippen molar-refractivity contribution in [3.63, 3.8) is 0 Å². The maximum Gasteiger partial charge on any atom is 0.490 e. The number of carboxylic acids is 1. The number of alkyl halides is 3. The number of fused-ring (bicyclic) bond motifs is 6. The van der Waals surface area contributed by atoms with E-state index in [1.807, 2.05) is 60.7 Å². The highest BCUT2D eigenvalue weighted by molar-refractivity contribution is 6.32. The fraction of sp³-hybridized carbons (Fsp3) is 0.143. The summed E-state index contributed by atoms with van der Waals surface area (Å²) in [4.78, 5) is 30.1. The molecule has 1 aliphatic rings. The van der Waals surface area contributed by atoms with Gasteiger partial charge in [-0.25, -0.2) is 9.78 Å². The lowest BCUT2D eigenvalue weighted by Crippen LogP contribution is -2.21. The molecule has 1 aliphatic heterocycles.